The minimum atomic E-state index is -3.50. The average Bonchev–Trinajstić information content (AvgIpc) is 3.11. The van der Waals surface area contributed by atoms with Crippen molar-refractivity contribution in [1.29, 1.82) is 0 Å². The number of hydrogen-bond acceptors (Lipinski definition) is 4. The van der Waals surface area contributed by atoms with E-state index in [1.54, 1.807) is 19.2 Å². The van der Waals surface area contributed by atoms with Gasteiger partial charge in [-0.2, -0.15) is 0 Å². The first-order valence-electron chi connectivity index (χ1n) is 8.41. The Morgan fingerprint density at radius 2 is 2.04 bits per heavy atom. The Balaban J connectivity index is 1.97. The number of unbranched alkanes of at least 4 members (excludes halogenated alkanes) is 1. The first-order valence-corrected chi connectivity index (χ1v) is 9.85. The van der Waals surface area contributed by atoms with Crippen LogP contribution in [0.2, 0.25) is 0 Å². The van der Waals surface area contributed by atoms with Gasteiger partial charge in [-0.05, 0) is 43.5 Å². The molecule has 1 saturated heterocycles. The van der Waals surface area contributed by atoms with E-state index in [0.717, 1.165) is 32.3 Å². The quantitative estimate of drug-likeness (QED) is 0.775. The molecule has 6 nitrogen and oxygen atoms in total. The lowest BCUT2D eigenvalue weighted by molar-refractivity contribution is 0.0857. The second-order valence-electron chi connectivity index (χ2n) is 6.05. The molecule has 134 valence electrons. The molecule has 0 saturated carbocycles. The lowest BCUT2D eigenvalue weighted by Crippen LogP contribution is -2.32. The molecule has 1 aromatic carbocycles. The zero-order valence-corrected chi connectivity index (χ0v) is 15.1. The van der Waals surface area contributed by atoms with E-state index in [1.807, 2.05) is 6.92 Å². The first kappa shape index (κ1) is 18.9. The molecule has 0 bridgehead atoms. The second kappa shape index (κ2) is 8.60. The molecule has 1 amide bonds. The third-order valence-corrected chi connectivity index (χ3v) is 6.04. The molecule has 1 aliphatic rings. The predicted octanol–water partition coefficient (Wildman–Crippen LogP) is 2.02. The fourth-order valence-corrected chi connectivity index (χ4v) is 3.78. The van der Waals surface area contributed by atoms with Crippen molar-refractivity contribution < 1.29 is 17.9 Å². The van der Waals surface area contributed by atoms with Gasteiger partial charge in [-0.3, -0.25) is 4.79 Å². The van der Waals surface area contributed by atoms with Gasteiger partial charge < -0.3 is 10.1 Å². The maximum Gasteiger partial charge on any atom is 0.251 e. The highest BCUT2D eigenvalue weighted by molar-refractivity contribution is 7.89. The molecule has 1 aliphatic heterocycles. The van der Waals surface area contributed by atoms with Gasteiger partial charge in [0, 0.05) is 32.3 Å². The third kappa shape index (κ3) is 4.78. The summed E-state index contributed by atoms with van der Waals surface area (Å²) in [5, 5.41) is 2.83. The molecule has 1 fully saturated rings. The third-order valence-electron chi connectivity index (χ3n) is 4.17. The molecule has 7 heteroatoms. The number of nitrogens with zero attached hydrogens (tertiary/aromatic N) is 1. The van der Waals surface area contributed by atoms with Gasteiger partial charge in [0.05, 0.1) is 11.0 Å². The molecular formula is C17H26N2O4S. The normalized spacial score (nSPS) is 18.0. The van der Waals surface area contributed by atoms with Crippen molar-refractivity contribution in [1.82, 2.24) is 9.62 Å². The van der Waals surface area contributed by atoms with Crippen molar-refractivity contribution in [2.24, 2.45) is 0 Å². The molecule has 1 N–H and O–H groups in total. The SMILES string of the molecule is CCCCN(C)S(=O)(=O)c1ccc(C(=O)NCC2CCCO2)cc1. The summed E-state index contributed by atoms with van der Waals surface area (Å²) in [6, 6.07) is 6.06. The zero-order chi connectivity index (χ0) is 17.6. The molecule has 1 aromatic rings. The minimum Gasteiger partial charge on any atom is -0.376 e. The Bertz CT molecular complexity index is 637. The number of carbonyl (C=O) groups is 1. The number of nitrogens with one attached hydrogen (secondary N) is 1. The van der Waals surface area contributed by atoms with E-state index >= 15 is 0 Å². The Morgan fingerprint density at radius 3 is 2.62 bits per heavy atom. The minimum absolute atomic E-state index is 0.0841. The first-order chi connectivity index (χ1) is 11.4. The zero-order valence-electron chi connectivity index (χ0n) is 14.3. The molecule has 24 heavy (non-hydrogen) atoms. The number of sulfonamides is 1. The lowest BCUT2D eigenvalue weighted by Gasteiger charge is -2.17. The van der Waals surface area contributed by atoms with Crippen LogP contribution in [0, 0.1) is 0 Å². The number of benzene rings is 1. The van der Waals surface area contributed by atoms with Gasteiger partial charge in [-0.25, -0.2) is 12.7 Å². The lowest BCUT2D eigenvalue weighted by atomic mass is 10.2. The van der Waals surface area contributed by atoms with Crippen LogP contribution in [0.25, 0.3) is 0 Å². The molecule has 0 aromatic heterocycles. The monoisotopic (exact) mass is 354 g/mol. The van der Waals surface area contributed by atoms with Gasteiger partial charge in [-0.1, -0.05) is 13.3 Å². The van der Waals surface area contributed by atoms with Crippen molar-refractivity contribution in [3.05, 3.63) is 29.8 Å². The van der Waals surface area contributed by atoms with Crippen LogP contribution in [-0.2, 0) is 14.8 Å². The molecule has 0 radical (unpaired) electrons. The predicted molar refractivity (Wildman–Crippen MR) is 92.5 cm³/mol. The van der Waals surface area contributed by atoms with Crippen LogP contribution in [-0.4, -0.2) is 51.5 Å². The van der Waals surface area contributed by atoms with Crippen LogP contribution < -0.4 is 5.32 Å². The second-order valence-corrected chi connectivity index (χ2v) is 8.09. The number of ether oxygens (including phenoxy) is 1. The van der Waals surface area contributed by atoms with Crippen LogP contribution in [0.4, 0.5) is 0 Å². The van der Waals surface area contributed by atoms with Gasteiger partial charge in [0.2, 0.25) is 10.0 Å². The summed E-state index contributed by atoms with van der Waals surface area (Å²) in [6.07, 6.45) is 3.82. The fraction of sp³-hybridized carbons (Fsp3) is 0.588. The van der Waals surface area contributed by atoms with E-state index in [9.17, 15) is 13.2 Å². The molecular weight excluding hydrogens is 328 g/mol. The van der Waals surface area contributed by atoms with E-state index in [2.05, 4.69) is 5.32 Å². The summed E-state index contributed by atoms with van der Waals surface area (Å²) in [4.78, 5) is 12.3. The maximum atomic E-state index is 12.4. The van der Waals surface area contributed by atoms with E-state index in [-0.39, 0.29) is 16.9 Å². The Hall–Kier alpha value is -1.44. The topological polar surface area (TPSA) is 75.7 Å². The number of hydrogen-bond donors (Lipinski definition) is 1. The molecule has 1 atom stereocenters. The van der Waals surface area contributed by atoms with E-state index in [0.29, 0.717) is 18.7 Å². The van der Waals surface area contributed by atoms with Crippen LogP contribution >= 0.6 is 0 Å². The van der Waals surface area contributed by atoms with Gasteiger partial charge in [0.1, 0.15) is 0 Å². The van der Waals surface area contributed by atoms with Crippen molar-refractivity contribution in [3.63, 3.8) is 0 Å². The van der Waals surface area contributed by atoms with Crippen molar-refractivity contribution in [3.8, 4) is 0 Å². The summed E-state index contributed by atoms with van der Waals surface area (Å²) in [5.74, 6) is -0.214. The van der Waals surface area contributed by atoms with Crippen molar-refractivity contribution >= 4 is 15.9 Å². The smallest absolute Gasteiger partial charge is 0.251 e. The maximum absolute atomic E-state index is 12.4. The fourth-order valence-electron chi connectivity index (χ4n) is 2.57. The Kier molecular flexibility index (Phi) is 6.77. The van der Waals surface area contributed by atoms with Crippen LogP contribution in [0.1, 0.15) is 43.0 Å². The van der Waals surface area contributed by atoms with E-state index in [4.69, 9.17) is 4.74 Å². The molecule has 1 unspecified atom stereocenters. The molecule has 0 spiro atoms. The highest BCUT2D eigenvalue weighted by Crippen LogP contribution is 2.16. The van der Waals surface area contributed by atoms with Gasteiger partial charge in [-0.15, -0.1) is 0 Å². The summed E-state index contributed by atoms with van der Waals surface area (Å²) >= 11 is 0. The van der Waals surface area contributed by atoms with Crippen LogP contribution in [0.5, 0.6) is 0 Å². The molecule has 2 rings (SSSR count). The summed E-state index contributed by atoms with van der Waals surface area (Å²) < 4.78 is 31.7. The summed E-state index contributed by atoms with van der Waals surface area (Å²) in [7, 11) is -1.92. The average molecular weight is 354 g/mol. The number of carbonyl (C=O) groups excluding carboxylic acids is 1. The standard InChI is InChI=1S/C17H26N2O4S/c1-3-4-11-19(2)24(21,22)16-9-7-14(8-10-16)17(20)18-13-15-6-5-12-23-15/h7-10,15H,3-6,11-13H2,1-2H3,(H,18,20). The Labute approximate surface area is 144 Å². The molecule has 0 aliphatic carbocycles. The van der Waals surface area contributed by atoms with Crippen molar-refractivity contribution in [2.75, 3.05) is 26.7 Å². The highest BCUT2D eigenvalue weighted by atomic mass is 32.2. The van der Waals surface area contributed by atoms with E-state index in [1.165, 1.54) is 16.4 Å². The highest BCUT2D eigenvalue weighted by Gasteiger charge is 2.21. The van der Waals surface area contributed by atoms with Crippen molar-refractivity contribution in [2.45, 2.75) is 43.6 Å². The number of rotatable bonds is 8. The summed E-state index contributed by atoms with van der Waals surface area (Å²) in [6.45, 7) is 3.74. The largest absolute Gasteiger partial charge is 0.376 e. The number of amides is 1. The Morgan fingerprint density at radius 1 is 1.33 bits per heavy atom. The van der Waals surface area contributed by atoms with Gasteiger partial charge >= 0.3 is 0 Å². The molecule has 1 heterocycles. The van der Waals surface area contributed by atoms with Gasteiger partial charge in [0.15, 0.2) is 0 Å². The van der Waals surface area contributed by atoms with Crippen LogP contribution in [0.3, 0.4) is 0 Å². The van der Waals surface area contributed by atoms with Gasteiger partial charge in [0.25, 0.3) is 5.91 Å². The van der Waals surface area contributed by atoms with Crippen LogP contribution in [0.15, 0.2) is 29.2 Å². The van der Waals surface area contributed by atoms with E-state index < -0.39 is 10.0 Å². The summed E-state index contributed by atoms with van der Waals surface area (Å²) in [5.41, 5.74) is 0.447.